The van der Waals surface area contributed by atoms with Crippen LogP contribution in [-0.2, 0) is 9.59 Å². The third-order valence-corrected chi connectivity index (χ3v) is 8.12. The van der Waals surface area contributed by atoms with Crippen LogP contribution in [0.1, 0.15) is 45.1 Å². The van der Waals surface area contributed by atoms with Gasteiger partial charge in [0.1, 0.15) is 5.75 Å². The zero-order valence-corrected chi connectivity index (χ0v) is 16.2. The molecule has 5 aliphatic carbocycles. The highest BCUT2D eigenvalue weighted by atomic mass is 16.5. The maximum absolute atomic E-state index is 13.0. The molecule has 0 N–H and O–H groups in total. The molecule has 3 heteroatoms. The van der Waals surface area contributed by atoms with Gasteiger partial charge >= 0.3 is 0 Å². The van der Waals surface area contributed by atoms with Crippen molar-refractivity contribution in [3.8, 4) is 5.75 Å². The Morgan fingerprint density at radius 2 is 1.70 bits per heavy atom. The topological polar surface area (TPSA) is 43.4 Å². The molecule has 3 nitrogen and oxygen atoms in total. The van der Waals surface area contributed by atoms with Crippen molar-refractivity contribution in [1.82, 2.24) is 0 Å². The average Bonchev–Trinajstić information content (AvgIpc) is 2.96. The van der Waals surface area contributed by atoms with Crippen molar-refractivity contribution in [2.45, 2.75) is 39.5 Å². The lowest BCUT2D eigenvalue weighted by Crippen LogP contribution is -2.61. The molecule has 0 heterocycles. The summed E-state index contributed by atoms with van der Waals surface area (Å²) in [5.41, 5.74) is 3.43. The van der Waals surface area contributed by atoms with E-state index >= 15 is 0 Å². The number of rotatable bonds is 2. The number of Topliss-reactive ketones (excluding diaryl/α,β-unsaturated/α-hetero) is 2. The van der Waals surface area contributed by atoms with Gasteiger partial charge in [-0.3, -0.25) is 9.59 Å². The summed E-state index contributed by atoms with van der Waals surface area (Å²) in [6.45, 7) is 4.39. The molecule has 1 aromatic rings. The van der Waals surface area contributed by atoms with E-state index in [1.165, 1.54) is 17.6 Å². The SMILES string of the molecule is COc1ccc(C2=C[C@H]3[C@@H]4C(=O)C(=O)[C@@H](C=C4C)[C@]34CCCC[C@]24C)cc1. The predicted molar refractivity (Wildman–Crippen MR) is 104 cm³/mol. The minimum absolute atomic E-state index is 0.0685. The Kier molecular flexibility index (Phi) is 3.42. The zero-order chi connectivity index (χ0) is 19.0. The molecule has 2 bridgehead atoms. The second-order valence-corrected chi connectivity index (χ2v) is 9.01. The minimum Gasteiger partial charge on any atom is -0.497 e. The van der Waals surface area contributed by atoms with Gasteiger partial charge in [-0.15, -0.1) is 0 Å². The number of ketones is 2. The van der Waals surface area contributed by atoms with Crippen LogP contribution in [0.5, 0.6) is 5.75 Å². The predicted octanol–water partition coefficient (Wildman–Crippen LogP) is 4.62. The van der Waals surface area contributed by atoms with E-state index in [1.54, 1.807) is 7.11 Å². The summed E-state index contributed by atoms with van der Waals surface area (Å²) in [6, 6.07) is 8.26. The van der Waals surface area contributed by atoms with Gasteiger partial charge in [0.25, 0.3) is 0 Å². The molecule has 0 aromatic heterocycles. The van der Waals surface area contributed by atoms with Crippen LogP contribution in [0.4, 0.5) is 0 Å². The van der Waals surface area contributed by atoms with Gasteiger partial charge in [-0.05, 0) is 49.0 Å². The van der Waals surface area contributed by atoms with Gasteiger partial charge in [0.05, 0.1) is 18.9 Å². The first kappa shape index (κ1) is 17.0. The number of benzene rings is 1. The van der Waals surface area contributed by atoms with E-state index in [1.807, 2.05) is 19.1 Å². The van der Waals surface area contributed by atoms with Gasteiger partial charge in [-0.2, -0.15) is 0 Å². The molecule has 0 saturated heterocycles. The lowest BCUT2D eigenvalue weighted by Gasteiger charge is -2.60. The first-order valence-electron chi connectivity index (χ1n) is 10.1. The highest BCUT2D eigenvalue weighted by Crippen LogP contribution is 2.73. The number of hydrogen-bond donors (Lipinski definition) is 0. The van der Waals surface area contributed by atoms with Gasteiger partial charge in [-0.1, -0.05) is 49.6 Å². The number of ether oxygens (including phenoxy) is 1. The Hall–Kier alpha value is -2.16. The number of carbonyl (C=O) groups is 2. The summed E-state index contributed by atoms with van der Waals surface area (Å²) in [5.74, 6) is 0.199. The monoisotopic (exact) mass is 362 g/mol. The largest absolute Gasteiger partial charge is 0.497 e. The van der Waals surface area contributed by atoms with Crippen molar-refractivity contribution in [1.29, 1.82) is 0 Å². The van der Waals surface area contributed by atoms with E-state index in [-0.39, 0.29) is 40.2 Å². The van der Waals surface area contributed by atoms with Crippen LogP contribution in [0.3, 0.4) is 0 Å². The Morgan fingerprint density at radius 1 is 1.00 bits per heavy atom. The summed E-state index contributed by atoms with van der Waals surface area (Å²) >= 11 is 0. The molecular formula is C24H26O3. The molecule has 0 radical (unpaired) electrons. The van der Waals surface area contributed by atoms with Crippen LogP contribution >= 0.6 is 0 Å². The van der Waals surface area contributed by atoms with E-state index in [9.17, 15) is 9.59 Å². The molecule has 0 amide bonds. The van der Waals surface area contributed by atoms with Crippen LogP contribution in [0.15, 0.2) is 42.0 Å². The molecule has 5 atom stereocenters. The number of hydrogen-bond acceptors (Lipinski definition) is 3. The number of methoxy groups -OCH3 is 1. The van der Waals surface area contributed by atoms with Crippen LogP contribution in [0, 0.1) is 28.6 Å². The second-order valence-electron chi connectivity index (χ2n) is 9.01. The standard InChI is InChI=1S/C24H26O3/c1-14-12-19-21(25)22(26)20(14)18-13-17(15-6-8-16(27-3)9-7-15)23(2)10-4-5-11-24(18,19)23/h6-9,12-13,18-20H,4-5,10-11H2,1-3H3/t18-,19+,20+,23+,24-/m0/s1. The van der Waals surface area contributed by atoms with Gasteiger partial charge < -0.3 is 4.74 Å². The number of allylic oxidation sites excluding steroid dienone is 4. The molecule has 5 aliphatic rings. The Labute approximate surface area is 160 Å². The first-order chi connectivity index (χ1) is 12.9. The second kappa shape index (κ2) is 5.43. The third kappa shape index (κ3) is 1.88. The molecule has 27 heavy (non-hydrogen) atoms. The lowest BCUT2D eigenvalue weighted by molar-refractivity contribution is -0.158. The van der Waals surface area contributed by atoms with Crippen LogP contribution in [0.25, 0.3) is 5.57 Å². The Morgan fingerprint density at radius 3 is 2.41 bits per heavy atom. The van der Waals surface area contributed by atoms with E-state index in [4.69, 9.17) is 4.74 Å². The van der Waals surface area contributed by atoms with Crippen LogP contribution in [-0.4, -0.2) is 18.7 Å². The summed E-state index contributed by atoms with van der Waals surface area (Å²) in [5, 5.41) is 0. The van der Waals surface area contributed by atoms with Gasteiger partial charge in [-0.25, -0.2) is 0 Å². The molecular weight excluding hydrogens is 336 g/mol. The fourth-order valence-corrected chi connectivity index (χ4v) is 6.91. The van der Waals surface area contributed by atoms with Crippen molar-refractivity contribution in [2.75, 3.05) is 7.11 Å². The Balaban J connectivity index is 1.71. The van der Waals surface area contributed by atoms with Crippen molar-refractivity contribution in [2.24, 2.45) is 28.6 Å². The Bertz CT molecular complexity index is 906. The summed E-state index contributed by atoms with van der Waals surface area (Å²) in [7, 11) is 1.68. The quantitative estimate of drug-likeness (QED) is 0.569. The molecule has 2 saturated carbocycles. The number of carbonyl (C=O) groups excluding carboxylic acids is 2. The third-order valence-electron chi connectivity index (χ3n) is 8.12. The normalized spacial score (nSPS) is 39.6. The maximum Gasteiger partial charge on any atom is 0.206 e. The molecule has 1 spiro atoms. The lowest BCUT2D eigenvalue weighted by atomic mass is 9.41. The molecule has 0 aliphatic heterocycles. The van der Waals surface area contributed by atoms with Gasteiger partial charge in [0, 0.05) is 10.8 Å². The highest BCUT2D eigenvalue weighted by molar-refractivity contribution is 6.41. The molecule has 6 rings (SSSR count). The zero-order valence-electron chi connectivity index (χ0n) is 16.2. The van der Waals surface area contributed by atoms with E-state index in [0.29, 0.717) is 0 Å². The van der Waals surface area contributed by atoms with Gasteiger partial charge in [0.15, 0.2) is 0 Å². The summed E-state index contributed by atoms with van der Waals surface area (Å²) in [4.78, 5) is 25.8. The first-order valence-corrected chi connectivity index (χ1v) is 10.1. The van der Waals surface area contributed by atoms with Crippen LogP contribution in [0.2, 0.25) is 0 Å². The fourth-order valence-electron chi connectivity index (χ4n) is 6.91. The van der Waals surface area contributed by atoms with Gasteiger partial charge in [0.2, 0.25) is 11.6 Å². The summed E-state index contributed by atoms with van der Waals surface area (Å²) in [6.07, 6.45) is 8.95. The van der Waals surface area contributed by atoms with E-state index in [0.717, 1.165) is 30.6 Å². The number of fused-ring (bicyclic) bond motifs is 1. The van der Waals surface area contributed by atoms with Crippen molar-refractivity contribution < 1.29 is 14.3 Å². The van der Waals surface area contributed by atoms with E-state index < -0.39 is 0 Å². The van der Waals surface area contributed by atoms with Crippen molar-refractivity contribution in [3.05, 3.63) is 47.6 Å². The van der Waals surface area contributed by atoms with E-state index in [2.05, 4.69) is 31.2 Å². The average molecular weight is 362 g/mol. The molecule has 1 aromatic carbocycles. The minimum atomic E-state index is -0.254. The highest BCUT2D eigenvalue weighted by Gasteiger charge is 2.70. The molecule has 140 valence electrons. The van der Waals surface area contributed by atoms with Crippen molar-refractivity contribution in [3.63, 3.8) is 0 Å². The summed E-state index contributed by atoms with van der Waals surface area (Å²) < 4.78 is 5.33. The maximum atomic E-state index is 13.0. The fraction of sp³-hybridized carbons (Fsp3) is 0.500. The molecule has 2 fully saturated rings. The smallest absolute Gasteiger partial charge is 0.206 e. The van der Waals surface area contributed by atoms with Crippen molar-refractivity contribution >= 4 is 17.1 Å². The molecule has 0 unspecified atom stereocenters. The van der Waals surface area contributed by atoms with Crippen LogP contribution < -0.4 is 4.74 Å².